The third-order valence-corrected chi connectivity index (χ3v) is 3.61. The van der Waals surface area contributed by atoms with E-state index in [2.05, 4.69) is 39.0 Å². The van der Waals surface area contributed by atoms with Crippen LogP contribution >= 0.6 is 0 Å². The van der Waals surface area contributed by atoms with Crippen LogP contribution in [0, 0.1) is 11.3 Å². The largest absolute Gasteiger partial charge is 0.494 e. The molecule has 0 fully saturated rings. The Morgan fingerprint density at radius 1 is 1.20 bits per heavy atom. The monoisotopic (exact) mass is 274 g/mol. The second-order valence-corrected chi connectivity index (χ2v) is 6.35. The summed E-state index contributed by atoms with van der Waals surface area (Å²) in [6.45, 7) is 9.10. The van der Waals surface area contributed by atoms with Crippen LogP contribution in [0.25, 0.3) is 0 Å². The SMILES string of the molecule is CCC(N)(C#N)CCCOc1ccc(C(C)(C)C)cc1. The molecule has 110 valence electrons. The van der Waals surface area contributed by atoms with Gasteiger partial charge in [0.05, 0.1) is 12.7 Å². The first-order valence-electron chi connectivity index (χ1n) is 7.24. The molecular weight excluding hydrogens is 248 g/mol. The Labute approximate surface area is 122 Å². The number of nitrogens with zero attached hydrogens (tertiary/aromatic N) is 1. The molecule has 2 N–H and O–H groups in total. The minimum atomic E-state index is -0.709. The first-order chi connectivity index (χ1) is 9.30. The predicted molar refractivity (Wildman–Crippen MR) is 82.7 cm³/mol. The molecule has 0 heterocycles. The zero-order chi connectivity index (χ0) is 15.2. The van der Waals surface area contributed by atoms with Crippen LogP contribution in [0.2, 0.25) is 0 Å². The van der Waals surface area contributed by atoms with Gasteiger partial charge >= 0.3 is 0 Å². The molecule has 1 aromatic rings. The van der Waals surface area contributed by atoms with Crippen molar-refractivity contribution in [1.82, 2.24) is 0 Å². The number of hydrogen-bond acceptors (Lipinski definition) is 3. The fourth-order valence-electron chi connectivity index (χ4n) is 1.94. The van der Waals surface area contributed by atoms with E-state index < -0.39 is 5.54 Å². The molecule has 0 radical (unpaired) electrons. The minimum absolute atomic E-state index is 0.158. The Morgan fingerprint density at radius 2 is 1.80 bits per heavy atom. The summed E-state index contributed by atoms with van der Waals surface area (Å²) in [5.74, 6) is 0.870. The van der Waals surface area contributed by atoms with Crippen molar-refractivity contribution in [3.8, 4) is 11.8 Å². The molecule has 0 saturated carbocycles. The van der Waals surface area contributed by atoms with Crippen LogP contribution in [-0.4, -0.2) is 12.1 Å². The summed E-state index contributed by atoms with van der Waals surface area (Å²) in [6, 6.07) is 10.4. The van der Waals surface area contributed by atoms with E-state index in [0.29, 0.717) is 19.4 Å². The first-order valence-corrected chi connectivity index (χ1v) is 7.24. The predicted octanol–water partition coefficient (Wildman–Crippen LogP) is 3.77. The average molecular weight is 274 g/mol. The van der Waals surface area contributed by atoms with Crippen LogP contribution < -0.4 is 10.5 Å². The third kappa shape index (κ3) is 4.86. The van der Waals surface area contributed by atoms with Crippen molar-refractivity contribution < 1.29 is 4.74 Å². The molecule has 0 aliphatic carbocycles. The molecule has 0 spiro atoms. The van der Waals surface area contributed by atoms with Crippen molar-refractivity contribution in [3.05, 3.63) is 29.8 Å². The van der Waals surface area contributed by atoms with Gasteiger partial charge in [-0.1, -0.05) is 39.8 Å². The molecule has 3 heteroatoms. The zero-order valence-corrected chi connectivity index (χ0v) is 13.1. The average Bonchev–Trinajstić information content (AvgIpc) is 2.43. The van der Waals surface area contributed by atoms with Gasteiger partial charge < -0.3 is 10.5 Å². The van der Waals surface area contributed by atoms with E-state index in [1.807, 2.05) is 19.1 Å². The maximum Gasteiger partial charge on any atom is 0.119 e. The number of benzene rings is 1. The summed E-state index contributed by atoms with van der Waals surface area (Å²) in [4.78, 5) is 0. The molecule has 0 aliphatic rings. The van der Waals surface area contributed by atoms with Gasteiger partial charge in [0, 0.05) is 0 Å². The normalized spacial score (nSPS) is 14.4. The zero-order valence-electron chi connectivity index (χ0n) is 13.1. The summed E-state index contributed by atoms with van der Waals surface area (Å²) in [7, 11) is 0. The Kier molecular flexibility index (Phi) is 5.59. The molecule has 0 bridgehead atoms. The molecule has 20 heavy (non-hydrogen) atoms. The molecule has 1 atom stereocenters. The van der Waals surface area contributed by atoms with Crippen LogP contribution in [-0.2, 0) is 5.41 Å². The van der Waals surface area contributed by atoms with Gasteiger partial charge in [0.1, 0.15) is 11.3 Å². The molecule has 0 saturated heterocycles. The van der Waals surface area contributed by atoms with E-state index in [-0.39, 0.29) is 5.41 Å². The van der Waals surface area contributed by atoms with Crippen molar-refractivity contribution >= 4 is 0 Å². The van der Waals surface area contributed by atoms with Gasteiger partial charge in [-0.3, -0.25) is 0 Å². The Morgan fingerprint density at radius 3 is 2.25 bits per heavy atom. The van der Waals surface area contributed by atoms with E-state index in [0.717, 1.165) is 12.2 Å². The minimum Gasteiger partial charge on any atom is -0.494 e. The topological polar surface area (TPSA) is 59.0 Å². The molecule has 1 rings (SSSR count). The summed E-state index contributed by atoms with van der Waals surface area (Å²) in [5.41, 5.74) is 6.67. The summed E-state index contributed by atoms with van der Waals surface area (Å²) >= 11 is 0. The highest BCUT2D eigenvalue weighted by atomic mass is 16.5. The second kappa shape index (κ2) is 6.76. The van der Waals surface area contributed by atoms with Crippen molar-refractivity contribution in [2.45, 2.75) is 57.9 Å². The summed E-state index contributed by atoms with van der Waals surface area (Å²) in [6.07, 6.45) is 2.13. The number of hydrogen-bond donors (Lipinski definition) is 1. The highest BCUT2D eigenvalue weighted by Crippen LogP contribution is 2.24. The summed E-state index contributed by atoms with van der Waals surface area (Å²) < 4.78 is 5.69. The molecule has 0 aromatic heterocycles. The Hall–Kier alpha value is -1.53. The first kappa shape index (κ1) is 16.5. The standard InChI is InChI=1S/C17H26N2O/c1-5-17(19,13-18)11-6-12-20-15-9-7-14(8-10-15)16(2,3)4/h7-10H,5-6,11-12,19H2,1-4H3. The van der Waals surface area contributed by atoms with E-state index >= 15 is 0 Å². The van der Waals surface area contributed by atoms with Crippen LogP contribution in [0.1, 0.15) is 52.5 Å². The van der Waals surface area contributed by atoms with Crippen LogP contribution in [0.4, 0.5) is 0 Å². The Bertz CT molecular complexity index is 453. The van der Waals surface area contributed by atoms with Gasteiger partial charge in [0.25, 0.3) is 0 Å². The van der Waals surface area contributed by atoms with Crippen LogP contribution in [0.3, 0.4) is 0 Å². The van der Waals surface area contributed by atoms with Crippen molar-refractivity contribution in [3.63, 3.8) is 0 Å². The summed E-state index contributed by atoms with van der Waals surface area (Å²) in [5, 5.41) is 8.99. The van der Waals surface area contributed by atoms with E-state index in [1.165, 1.54) is 5.56 Å². The van der Waals surface area contributed by atoms with E-state index in [4.69, 9.17) is 15.7 Å². The molecule has 0 aliphatic heterocycles. The lowest BCUT2D eigenvalue weighted by Gasteiger charge is -2.20. The third-order valence-electron chi connectivity index (χ3n) is 3.61. The highest BCUT2D eigenvalue weighted by molar-refractivity contribution is 5.31. The number of rotatable bonds is 6. The van der Waals surface area contributed by atoms with Crippen LogP contribution in [0.5, 0.6) is 5.75 Å². The van der Waals surface area contributed by atoms with Crippen LogP contribution in [0.15, 0.2) is 24.3 Å². The van der Waals surface area contributed by atoms with Gasteiger partial charge in [-0.15, -0.1) is 0 Å². The fraction of sp³-hybridized carbons (Fsp3) is 0.588. The van der Waals surface area contributed by atoms with Crippen molar-refractivity contribution in [1.29, 1.82) is 5.26 Å². The van der Waals surface area contributed by atoms with Gasteiger partial charge in [0.2, 0.25) is 0 Å². The van der Waals surface area contributed by atoms with Gasteiger partial charge in [-0.25, -0.2) is 0 Å². The van der Waals surface area contributed by atoms with Crippen molar-refractivity contribution in [2.75, 3.05) is 6.61 Å². The van der Waals surface area contributed by atoms with E-state index in [9.17, 15) is 0 Å². The molecule has 3 nitrogen and oxygen atoms in total. The smallest absolute Gasteiger partial charge is 0.119 e. The van der Waals surface area contributed by atoms with Gasteiger partial charge in [0.15, 0.2) is 0 Å². The maximum atomic E-state index is 8.99. The quantitative estimate of drug-likeness (QED) is 0.803. The lowest BCUT2D eigenvalue weighted by molar-refractivity contribution is 0.291. The van der Waals surface area contributed by atoms with Gasteiger partial charge in [-0.2, -0.15) is 5.26 Å². The fourth-order valence-corrected chi connectivity index (χ4v) is 1.94. The maximum absolute atomic E-state index is 8.99. The number of nitrogens with two attached hydrogens (primary N) is 1. The molecule has 1 aromatic carbocycles. The Balaban J connectivity index is 2.42. The molecule has 1 unspecified atom stereocenters. The number of ether oxygens (including phenoxy) is 1. The molecular formula is C17H26N2O. The van der Waals surface area contributed by atoms with Crippen molar-refractivity contribution in [2.24, 2.45) is 5.73 Å². The lowest BCUT2D eigenvalue weighted by Crippen LogP contribution is -2.37. The number of nitriles is 1. The lowest BCUT2D eigenvalue weighted by atomic mass is 9.87. The molecule has 0 amide bonds. The second-order valence-electron chi connectivity index (χ2n) is 6.35. The van der Waals surface area contributed by atoms with Gasteiger partial charge in [-0.05, 0) is 42.4 Å². The highest BCUT2D eigenvalue weighted by Gasteiger charge is 2.21. The van der Waals surface area contributed by atoms with E-state index in [1.54, 1.807) is 0 Å².